The van der Waals surface area contributed by atoms with Crippen LogP contribution >= 0.6 is 0 Å². The third-order valence-electron chi connectivity index (χ3n) is 7.94. The van der Waals surface area contributed by atoms with E-state index >= 15 is 0 Å². The number of sulfonamides is 1. The van der Waals surface area contributed by atoms with E-state index in [2.05, 4.69) is 0 Å². The van der Waals surface area contributed by atoms with Crippen LogP contribution in [0.25, 0.3) is 11.0 Å². The summed E-state index contributed by atoms with van der Waals surface area (Å²) in [4.78, 5) is 25.9. The van der Waals surface area contributed by atoms with Crippen LogP contribution in [0, 0.1) is 6.92 Å². The number of carbonyl (C=O) groups is 2. The molecule has 0 spiro atoms. The zero-order chi connectivity index (χ0) is 31.6. The molecule has 232 valence electrons. The Morgan fingerprint density at radius 1 is 1.00 bits per heavy atom. The summed E-state index contributed by atoms with van der Waals surface area (Å²) in [6, 6.07) is 21.7. The number of anilines is 1. The molecule has 1 saturated heterocycles. The van der Waals surface area contributed by atoms with Gasteiger partial charge in [-0.3, -0.25) is 4.31 Å². The average molecular weight is 619 g/mol. The lowest BCUT2D eigenvalue weighted by molar-refractivity contribution is 0.0204. The van der Waals surface area contributed by atoms with E-state index in [4.69, 9.17) is 9.15 Å². The Hall–Kier alpha value is -4.31. The number of carboxylic acid groups (broad SMARTS) is 1. The quantitative estimate of drug-likeness (QED) is 0.226. The lowest BCUT2D eigenvalue weighted by Crippen LogP contribution is -2.41. The van der Waals surface area contributed by atoms with E-state index in [0.29, 0.717) is 41.7 Å². The molecule has 0 aliphatic carbocycles. The Bertz CT molecular complexity index is 1750. The molecule has 1 aliphatic rings. The number of fused-ring (bicyclic) bond motifs is 1. The maximum atomic E-state index is 14.2. The second-order valence-electron chi connectivity index (χ2n) is 12.2. The van der Waals surface area contributed by atoms with Gasteiger partial charge in [-0.25, -0.2) is 18.0 Å². The van der Waals surface area contributed by atoms with Crippen molar-refractivity contribution >= 4 is 38.7 Å². The van der Waals surface area contributed by atoms with Crippen molar-refractivity contribution in [1.29, 1.82) is 0 Å². The van der Waals surface area contributed by atoms with Crippen LogP contribution in [0.5, 0.6) is 0 Å². The molecule has 44 heavy (non-hydrogen) atoms. The molecule has 1 N–H and O–H groups in total. The number of hydrogen-bond acceptors (Lipinski definition) is 6. The fourth-order valence-corrected chi connectivity index (χ4v) is 7.08. The first-order valence-corrected chi connectivity index (χ1v) is 16.2. The first-order valence-electron chi connectivity index (χ1n) is 14.7. The number of hydrogen-bond donors (Lipinski definition) is 1. The van der Waals surface area contributed by atoms with Gasteiger partial charge in [0, 0.05) is 30.6 Å². The van der Waals surface area contributed by atoms with Crippen molar-refractivity contribution in [2.45, 2.75) is 63.4 Å². The van der Waals surface area contributed by atoms with Crippen LogP contribution in [0.1, 0.15) is 66.8 Å². The standard InChI is InChI=1S/C34H38N2O7S/c1-23-29-22-28(14-15-30(29)42-31(23)32(37)38)44(40,41)36(21-16-24-8-6-5-7-9-24)27-12-10-25(11-13-27)26-17-19-35(20-18-26)33(39)43-34(2,3)4/h5-15,22,26H,16-21H2,1-4H3,(H,37,38). The van der Waals surface area contributed by atoms with Gasteiger partial charge in [-0.2, -0.15) is 0 Å². The van der Waals surface area contributed by atoms with Crippen LogP contribution in [0.4, 0.5) is 10.5 Å². The van der Waals surface area contributed by atoms with E-state index in [9.17, 15) is 23.1 Å². The molecule has 5 rings (SSSR count). The maximum Gasteiger partial charge on any atom is 0.410 e. The summed E-state index contributed by atoms with van der Waals surface area (Å²) in [5.74, 6) is -1.17. The van der Waals surface area contributed by atoms with Crippen LogP contribution in [-0.2, 0) is 21.2 Å². The predicted octanol–water partition coefficient (Wildman–Crippen LogP) is 6.99. The lowest BCUT2D eigenvalue weighted by Gasteiger charge is -2.33. The van der Waals surface area contributed by atoms with Crippen LogP contribution in [0.2, 0.25) is 0 Å². The van der Waals surface area contributed by atoms with Crippen molar-refractivity contribution in [2.24, 2.45) is 0 Å². The van der Waals surface area contributed by atoms with Gasteiger partial charge >= 0.3 is 12.1 Å². The Morgan fingerprint density at radius 3 is 2.27 bits per heavy atom. The highest BCUT2D eigenvalue weighted by Crippen LogP contribution is 2.33. The minimum absolute atomic E-state index is 0.0532. The summed E-state index contributed by atoms with van der Waals surface area (Å²) < 4.78 is 40.7. The summed E-state index contributed by atoms with van der Waals surface area (Å²) in [5, 5.41) is 9.91. The number of rotatable bonds is 8. The van der Waals surface area contributed by atoms with E-state index in [1.807, 2.05) is 75.4 Å². The zero-order valence-corrected chi connectivity index (χ0v) is 26.3. The first kappa shape index (κ1) is 31.1. The van der Waals surface area contributed by atoms with Gasteiger partial charge in [-0.05, 0) is 94.3 Å². The van der Waals surface area contributed by atoms with Crippen molar-refractivity contribution in [3.63, 3.8) is 0 Å². The monoisotopic (exact) mass is 618 g/mol. The van der Waals surface area contributed by atoms with Crippen molar-refractivity contribution in [3.05, 3.63) is 95.2 Å². The molecule has 1 amide bonds. The molecule has 2 heterocycles. The Balaban J connectivity index is 1.40. The van der Waals surface area contributed by atoms with Gasteiger partial charge in [0.05, 0.1) is 10.6 Å². The van der Waals surface area contributed by atoms with E-state index < -0.39 is 21.6 Å². The second-order valence-corrected chi connectivity index (χ2v) is 14.0. The van der Waals surface area contributed by atoms with Gasteiger partial charge in [0.15, 0.2) is 0 Å². The summed E-state index contributed by atoms with van der Waals surface area (Å²) in [6.07, 6.45) is 1.78. The van der Waals surface area contributed by atoms with Crippen LogP contribution in [0.15, 0.2) is 82.1 Å². The number of amides is 1. The Morgan fingerprint density at radius 2 is 1.66 bits per heavy atom. The van der Waals surface area contributed by atoms with Gasteiger partial charge in [0.2, 0.25) is 5.76 Å². The number of benzene rings is 3. The molecule has 0 saturated carbocycles. The van der Waals surface area contributed by atoms with E-state index in [-0.39, 0.29) is 29.2 Å². The Labute approximate surface area is 258 Å². The van der Waals surface area contributed by atoms with Gasteiger partial charge < -0.3 is 19.2 Å². The fraction of sp³-hybridized carbons (Fsp3) is 0.353. The third kappa shape index (κ3) is 6.75. The summed E-state index contributed by atoms with van der Waals surface area (Å²) >= 11 is 0. The number of nitrogens with zero attached hydrogens (tertiary/aromatic N) is 2. The topological polar surface area (TPSA) is 117 Å². The van der Waals surface area contributed by atoms with Gasteiger partial charge in [0.1, 0.15) is 11.2 Å². The van der Waals surface area contributed by atoms with Gasteiger partial charge in [0.25, 0.3) is 10.0 Å². The smallest absolute Gasteiger partial charge is 0.410 e. The molecule has 1 aliphatic heterocycles. The molecule has 4 aromatic rings. The maximum absolute atomic E-state index is 14.2. The zero-order valence-electron chi connectivity index (χ0n) is 25.4. The van der Waals surface area contributed by atoms with Crippen molar-refractivity contribution in [3.8, 4) is 0 Å². The molecule has 0 bridgehead atoms. The molecule has 0 unspecified atom stereocenters. The molecular weight excluding hydrogens is 580 g/mol. The number of ether oxygens (including phenoxy) is 1. The van der Waals surface area contributed by atoms with E-state index in [1.165, 1.54) is 22.5 Å². The molecule has 1 fully saturated rings. The van der Waals surface area contributed by atoms with Gasteiger partial charge in [-0.1, -0.05) is 42.5 Å². The van der Waals surface area contributed by atoms with Crippen molar-refractivity contribution in [1.82, 2.24) is 4.90 Å². The number of carbonyl (C=O) groups excluding carboxylic acids is 1. The Kier molecular flexibility index (Phi) is 8.74. The molecule has 0 atom stereocenters. The predicted molar refractivity (Wildman–Crippen MR) is 169 cm³/mol. The molecular formula is C34H38N2O7S. The van der Waals surface area contributed by atoms with E-state index in [0.717, 1.165) is 24.0 Å². The number of aryl methyl sites for hydroxylation is 1. The summed E-state index contributed by atoms with van der Waals surface area (Å²) in [7, 11) is -4.03. The lowest BCUT2D eigenvalue weighted by atomic mass is 9.89. The van der Waals surface area contributed by atoms with Gasteiger partial charge in [-0.15, -0.1) is 0 Å². The molecule has 10 heteroatoms. The largest absolute Gasteiger partial charge is 0.475 e. The minimum atomic E-state index is -4.03. The van der Waals surface area contributed by atoms with Crippen molar-refractivity contribution < 1.29 is 32.3 Å². The molecule has 9 nitrogen and oxygen atoms in total. The third-order valence-corrected chi connectivity index (χ3v) is 9.76. The highest BCUT2D eigenvalue weighted by Gasteiger charge is 2.29. The number of aromatic carboxylic acids is 1. The summed E-state index contributed by atoms with van der Waals surface area (Å²) in [6.45, 7) is 8.58. The van der Waals surface area contributed by atoms with Crippen LogP contribution < -0.4 is 4.31 Å². The normalized spacial score (nSPS) is 14.5. The number of carboxylic acids is 1. The summed E-state index contributed by atoms with van der Waals surface area (Å²) in [5.41, 5.74) is 2.79. The molecule has 0 radical (unpaired) electrons. The number of piperidine rings is 1. The van der Waals surface area contributed by atoms with Crippen molar-refractivity contribution in [2.75, 3.05) is 23.9 Å². The first-order chi connectivity index (χ1) is 20.8. The van der Waals surface area contributed by atoms with Crippen LogP contribution in [0.3, 0.4) is 0 Å². The van der Waals surface area contributed by atoms with E-state index in [1.54, 1.807) is 11.8 Å². The highest BCUT2D eigenvalue weighted by molar-refractivity contribution is 7.92. The molecule has 1 aromatic heterocycles. The second kappa shape index (κ2) is 12.4. The molecule has 3 aromatic carbocycles. The number of likely N-dealkylation sites (tertiary alicyclic amines) is 1. The minimum Gasteiger partial charge on any atom is -0.475 e. The van der Waals surface area contributed by atoms with Crippen LogP contribution in [-0.4, -0.2) is 55.7 Å². The highest BCUT2D eigenvalue weighted by atomic mass is 32.2. The fourth-order valence-electron chi connectivity index (χ4n) is 5.59. The number of furan rings is 1. The average Bonchev–Trinajstić information content (AvgIpc) is 3.33. The SMILES string of the molecule is Cc1c(C(=O)O)oc2ccc(S(=O)(=O)N(CCc3ccccc3)c3ccc(C4CCN(C(=O)OC(C)(C)C)CC4)cc3)cc12.